The molecule has 10 heteroatoms. The number of hydrogen-bond donors (Lipinski definition) is 2. The fraction of sp³-hybridized carbons (Fsp3) is 0.409. The number of carbonyl (C=O) groups is 2. The minimum atomic E-state index is -0.987. The summed E-state index contributed by atoms with van der Waals surface area (Å²) in [4.78, 5) is 40.0. The first-order valence-electron chi connectivity index (χ1n) is 10.3. The highest BCUT2D eigenvalue weighted by Crippen LogP contribution is 2.35. The number of fused-ring (bicyclic) bond motifs is 3. The first-order valence-corrected chi connectivity index (χ1v) is 10.3. The Morgan fingerprint density at radius 3 is 2.75 bits per heavy atom. The number of pyridine rings is 1. The van der Waals surface area contributed by atoms with E-state index in [1.54, 1.807) is 11.8 Å². The van der Waals surface area contributed by atoms with E-state index in [1.807, 2.05) is 0 Å². The second-order valence-electron chi connectivity index (χ2n) is 7.89. The summed E-state index contributed by atoms with van der Waals surface area (Å²) >= 11 is 0. The van der Waals surface area contributed by atoms with Gasteiger partial charge in [-0.2, -0.15) is 0 Å². The van der Waals surface area contributed by atoms with Crippen molar-refractivity contribution in [2.24, 2.45) is 0 Å². The molecule has 2 N–H and O–H groups in total. The molecule has 2 aliphatic heterocycles. The summed E-state index contributed by atoms with van der Waals surface area (Å²) in [5, 5.41) is 13.0. The van der Waals surface area contributed by atoms with Crippen LogP contribution in [0.15, 0.2) is 23.1 Å². The predicted octanol–water partition coefficient (Wildman–Crippen LogP) is 1.88. The van der Waals surface area contributed by atoms with Crippen LogP contribution < -0.4 is 10.7 Å². The molecule has 1 aromatic carbocycles. The number of rotatable bonds is 4. The lowest BCUT2D eigenvalue weighted by Crippen LogP contribution is -2.55. The van der Waals surface area contributed by atoms with Crippen LogP contribution in [0.5, 0.6) is 5.75 Å². The monoisotopic (exact) mass is 447 g/mol. The number of benzene rings is 1. The lowest BCUT2D eigenvalue weighted by Gasteiger charge is -2.45. The summed E-state index contributed by atoms with van der Waals surface area (Å²) in [7, 11) is 0. The van der Waals surface area contributed by atoms with Gasteiger partial charge in [0.25, 0.3) is 11.8 Å². The summed E-state index contributed by atoms with van der Waals surface area (Å²) in [6.45, 7) is 3.92. The number of halogens is 2. The molecular formula is C22H23F2N3O5. The third-order valence-corrected chi connectivity index (χ3v) is 6.15. The second kappa shape index (κ2) is 8.34. The maximum atomic E-state index is 14.2. The van der Waals surface area contributed by atoms with E-state index in [0.29, 0.717) is 26.2 Å². The van der Waals surface area contributed by atoms with E-state index in [0.717, 1.165) is 6.07 Å². The highest BCUT2D eigenvalue weighted by molar-refractivity contribution is 5.99. The van der Waals surface area contributed by atoms with E-state index >= 15 is 0 Å². The first kappa shape index (κ1) is 21.9. The third-order valence-electron chi connectivity index (χ3n) is 6.15. The van der Waals surface area contributed by atoms with Gasteiger partial charge in [-0.05, 0) is 26.3 Å². The van der Waals surface area contributed by atoms with Gasteiger partial charge in [0.15, 0.2) is 11.4 Å². The van der Waals surface area contributed by atoms with Gasteiger partial charge >= 0.3 is 0 Å². The number of nitrogens with one attached hydrogen (secondary N) is 1. The summed E-state index contributed by atoms with van der Waals surface area (Å²) in [5.74, 6) is -3.63. The van der Waals surface area contributed by atoms with Crippen molar-refractivity contribution in [3.05, 3.63) is 62.6 Å². The van der Waals surface area contributed by atoms with Gasteiger partial charge in [-0.25, -0.2) is 8.78 Å². The van der Waals surface area contributed by atoms with Crippen LogP contribution in [0.2, 0.25) is 0 Å². The molecule has 2 amide bonds. The highest BCUT2D eigenvalue weighted by Gasteiger charge is 2.43. The standard InChI is InChI=1S/C22H23F2N3O5/c1-3-26-16-10-32-7-6-15(16)27-9-13(19(28)20(29)18(27)22(26)31)21(30)25-8-12-4-5-14(23)11(2)17(12)24/h4-5,9,15-16,29H,3,6-8,10H2,1-2H3,(H,25,30)/t15-,16+/m0/s1. The normalized spacial score (nSPS) is 20.0. The molecule has 2 aromatic rings. The van der Waals surface area contributed by atoms with Gasteiger partial charge < -0.3 is 24.6 Å². The van der Waals surface area contributed by atoms with Crippen LogP contribution >= 0.6 is 0 Å². The molecule has 0 bridgehead atoms. The number of ether oxygens (including phenoxy) is 1. The zero-order valence-electron chi connectivity index (χ0n) is 17.7. The molecule has 0 unspecified atom stereocenters. The van der Waals surface area contributed by atoms with E-state index < -0.39 is 34.6 Å². The lowest BCUT2D eigenvalue weighted by molar-refractivity contribution is -0.0176. The van der Waals surface area contributed by atoms with Gasteiger partial charge in [-0.3, -0.25) is 14.4 Å². The largest absolute Gasteiger partial charge is 0.503 e. The molecule has 1 fully saturated rings. The fourth-order valence-corrected chi connectivity index (χ4v) is 4.38. The Morgan fingerprint density at radius 2 is 2.03 bits per heavy atom. The molecule has 4 rings (SSSR count). The van der Waals surface area contributed by atoms with E-state index in [-0.39, 0.29) is 41.0 Å². The first-order chi connectivity index (χ1) is 15.3. The Kier molecular flexibility index (Phi) is 5.72. The van der Waals surface area contributed by atoms with Crippen molar-refractivity contribution in [3.63, 3.8) is 0 Å². The van der Waals surface area contributed by atoms with E-state index in [4.69, 9.17) is 4.74 Å². The summed E-state index contributed by atoms with van der Waals surface area (Å²) in [5.41, 5.74) is -1.63. The number of carbonyl (C=O) groups excluding carboxylic acids is 2. The van der Waals surface area contributed by atoms with E-state index in [9.17, 15) is 28.3 Å². The van der Waals surface area contributed by atoms with Crippen LogP contribution in [0, 0.1) is 18.6 Å². The van der Waals surface area contributed by atoms with Crippen LogP contribution in [0.25, 0.3) is 0 Å². The number of amides is 2. The van der Waals surface area contributed by atoms with Crippen molar-refractivity contribution in [2.75, 3.05) is 19.8 Å². The molecule has 2 aliphatic rings. The van der Waals surface area contributed by atoms with Gasteiger partial charge in [-0.15, -0.1) is 0 Å². The Labute approximate surface area is 182 Å². The Hall–Kier alpha value is -3.27. The SMILES string of the molecule is CCN1C(=O)c2c(O)c(=O)c(C(=O)NCc3ccc(F)c(C)c3F)cn2[C@H]2CCOC[C@H]21. The van der Waals surface area contributed by atoms with Crippen molar-refractivity contribution in [1.82, 2.24) is 14.8 Å². The minimum absolute atomic E-state index is 0.0535. The van der Waals surface area contributed by atoms with Crippen LogP contribution in [0.1, 0.15) is 51.4 Å². The Morgan fingerprint density at radius 1 is 1.28 bits per heavy atom. The molecule has 1 aromatic heterocycles. The third kappa shape index (κ3) is 3.44. The number of likely N-dealkylation sites (N-methyl/N-ethyl adjacent to an activating group) is 1. The molecule has 8 nitrogen and oxygen atoms in total. The fourth-order valence-electron chi connectivity index (χ4n) is 4.38. The average molecular weight is 447 g/mol. The van der Waals surface area contributed by atoms with Crippen molar-refractivity contribution in [2.45, 2.75) is 38.9 Å². The van der Waals surface area contributed by atoms with Gasteiger partial charge in [0, 0.05) is 37.0 Å². The van der Waals surface area contributed by atoms with Crippen LogP contribution in [-0.4, -0.2) is 52.2 Å². The minimum Gasteiger partial charge on any atom is -0.503 e. The zero-order valence-corrected chi connectivity index (χ0v) is 17.7. The van der Waals surface area contributed by atoms with Gasteiger partial charge in [0.05, 0.1) is 18.7 Å². The maximum absolute atomic E-state index is 14.2. The Balaban J connectivity index is 1.69. The van der Waals surface area contributed by atoms with Crippen LogP contribution in [0.3, 0.4) is 0 Å². The quantitative estimate of drug-likeness (QED) is 0.746. The smallest absolute Gasteiger partial charge is 0.274 e. The van der Waals surface area contributed by atoms with E-state index in [2.05, 4.69) is 5.32 Å². The molecule has 0 saturated carbocycles. The zero-order chi connectivity index (χ0) is 23.2. The highest BCUT2D eigenvalue weighted by atomic mass is 19.1. The molecule has 32 heavy (non-hydrogen) atoms. The molecule has 0 radical (unpaired) electrons. The molecule has 0 spiro atoms. The number of hydrogen-bond acceptors (Lipinski definition) is 5. The average Bonchev–Trinajstić information content (AvgIpc) is 2.79. The molecule has 3 heterocycles. The van der Waals surface area contributed by atoms with Crippen molar-refractivity contribution in [1.29, 1.82) is 0 Å². The topological polar surface area (TPSA) is 101 Å². The van der Waals surface area contributed by atoms with Gasteiger partial charge in [0.1, 0.15) is 17.2 Å². The summed E-state index contributed by atoms with van der Waals surface area (Å²) < 4.78 is 34.7. The van der Waals surface area contributed by atoms with Crippen molar-refractivity contribution in [3.8, 4) is 5.75 Å². The summed E-state index contributed by atoms with van der Waals surface area (Å²) in [6.07, 6.45) is 1.80. The molecule has 0 aliphatic carbocycles. The summed E-state index contributed by atoms with van der Waals surface area (Å²) in [6, 6.07) is 1.74. The van der Waals surface area contributed by atoms with Gasteiger partial charge in [0.2, 0.25) is 5.43 Å². The van der Waals surface area contributed by atoms with Crippen LogP contribution in [-0.2, 0) is 11.3 Å². The van der Waals surface area contributed by atoms with Gasteiger partial charge in [-0.1, -0.05) is 6.07 Å². The molecular weight excluding hydrogens is 424 g/mol. The lowest BCUT2D eigenvalue weighted by atomic mass is 9.96. The number of aromatic nitrogens is 1. The number of aromatic hydroxyl groups is 1. The molecule has 170 valence electrons. The van der Waals surface area contributed by atoms with Crippen LogP contribution in [0.4, 0.5) is 8.78 Å². The van der Waals surface area contributed by atoms with Crippen molar-refractivity contribution >= 4 is 11.8 Å². The predicted molar refractivity (Wildman–Crippen MR) is 110 cm³/mol. The second-order valence-corrected chi connectivity index (χ2v) is 7.89. The number of nitrogens with zero attached hydrogens (tertiary/aromatic N) is 2. The molecule has 2 atom stereocenters. The van der Waals surface area contributed by atoms with E-state index in [1.165, 1.54) is 23.8 Å². The maximum Gasteiger partial charge on any atom is 0.274 e. The van der Waals surface area contributed by atoms with Crippen molar-refractivity contribution < 1.29 is 28.2 Å². The Bertz CT molecular complexity index is 1160. The molecule has 1 saturated heterocycles.